The van der Waals surface area contributed by atoms with Crippen LogP contribution in [-0.2, 0) is 9.53 Å². The number of carbonyl (C=O) groups excluding carboxylic acids is 1. The molecule has 2 N–H and O–H groups in total. The van der Waals surface area contributed by atoms with E-state index >= 15 is 0 Å². The number of rotatable bonds is 5. The van der Waals surface area contributed by atoms with Gasteiger partial charge >= 0.3 is 0 Å². The second-order valence-corrected chi connectivity index (χ2v) is 6.38. The summed E-state index contributed by atoms with van der Waals surface area (Å²) in [7, 11) is 0. The lowest BCUT2D eigenvalue weighted by Crippen LogP contribution is -2.44. The smallest absolute Gasteiger partial charge is 0.231 e. The second kappa shape index (κ2) is 6.23. The number of aliphatic hydroxyl groups is 1. The quantitative estimate of drug-likeness (QED) is 0.874. The van der Waals surface area contributed by atoms with Crippen molar-refractivity contribution < 1.29 is 14.6 Å². The highest BCUT2D eigenvalue weighted by Crippen LogP contribution is 2.46. The molecule has 1 saturated heterocycles. The molecule has 1 fully saturated rings. The van der Waals surface area contributed by atoms with Crippen molar-refractivity contribution in [3.63, 3.8) is 0 Å². The molecule has 1 aromatic carbocycles. The molecule has 2 aliphatic rings. The average Bonchev–Trinajstić information content (AvgIpc) is 3.25. The van der Waals surface area contributed by atoms with Crippen molar-refractivity contribution >= 4 is 11.5 Å². The minimum atomic E-state index is -0.219. The lowest BCUT2D eigenvalue weighted by atomic mass is 9.81. The molecular formula is C18H23NO3. The number of benzene rings is 1. The van der Waals surface area contributed by atoms with Crippen molar-refractivity contribution in [2.24, 2.45) is 11.3 Å². The van der Waals surface area contributed by atoms with Gasteiger partial charge in [-0.3, -0.25) is 4.79 Å². The summed E-state index contributed by atoms with van der Waals surface area (Å²) in [6.45, 7) is 3.96. The molecule has 118 valence electrons. The van der Waals surface area contributed by atoms with E-state index in [4.69, 9.17) is 4.74 Å². The maximum absolute atomic E-state index is 12.4. The van der Waals surface area contributed by atoms with Gasteiger partial charge in [0.2, 0.25) is 5.91 Å². The van der Waals surface area contributed by atoms with Crippen LogP contribution in [-0.4, -0.2) is 37.4 Å². The lowest BCUT2D eigenvalue weighted by molar-refractivity contribution is -0.122. The molecule has 0 radical (unpaired) electrons. The molecule has 1 amide bonds. The van der Waals surface area contributed by atoms with Gasteiger partial charge in [0.05, 0.1) is 12.5 Å². The summed E-state index contributed by atoms with van der Waals surface area (Å²) in [6, 6.07) is 10.0. The molecule has 1 aliphatic heterocycles. The number of hydrogen-bond acceptors (Lipinski definition) is 3. The first-order valence-corrected chi connectivity index (χ1v) is 7.89. The van der Waals surface area contributed by atoms with Crippen LogP contribution in [0.3, 0.4) is 0 Å². The molecule has 1 aliphatic carbocycles. The van der Waals surface area contributed by atoms with Crippen LogP contribution in [0.25, 0.3) is 5.57 Å². The Bertz CT molecular complexity index is 573. The van der Waals surface area contributed by atoms with Crippen LogP contribution in [0.1, 0.15) is 25.3 Å². The Balaban J connectivity index is 1.58. The fourth-order valence-electron chi connectivity index (χ4n) is 3.24. The first-order chi connectivity index (χ1) is 10.7. The van der Waals surface area contributed by atoms with E-state index in [0.29, 0.717) is 19.8 Å². The number of nitrogens with one attached hydrogen (secondary N) is 1. The summed E-state index contributed by atoms with van der Waals surface area (Å²) >= 11 is 0. The minimum Gasteiger partial charge on any atom is -0.396 e. The molecule has 0 aromatic heterocycles. The summed E-state index contributed by atoms with van der Waals surface area (Å²) in [4.78, 5) is 12.4. The Labute approximate surface area is 131 Å². The van der Waals surface area contributed by atoms with E-state index in [1.165, 1.54) is 0 Å². The van der Waals surface area contributed by atoms with Gasteiger partial charge in [-0.25, -0.2) is 0 Å². The Morgan fingerprint density at radius 3 is 2.64 bits per heavy atom. The zero-order valence-corrected chi connectivity index (χ0v) is 13.0. The first-order valence-electron chi connectivity index (χ1n) is 7.89. The predicted octanol–water partition coefficient (Wildman–Crippen LogP) is 2.00. The fraction of sp³-hybridized carbons (Fsp3) is 0.500. The molecule has 0 saturated carbocycles. The van der Waals surface area contributed by atoms with Crippen LogP contribution in [0.2, 0.25) is 0 Å². The summed E-state index contributed by atoms with van der Waals surface area (Å²) in [5.74, 6) is -0.0475. The third-order valence-corrected chi connectivity index (χ3v) is 4.94. The van der Waals surface area contributed by atoms with Crippen LogP contribution >= 0.6 is 0 Å². The highest BCUT2D eigenvalue weighted by atomic mass is 16.5. The number of amides is 1. The highest BCUT2D eigenvalue weighted by molar-refractivity contribution is 6.05. The number of hydrogen-bond donors (Lipinski definition) is 2. The third-order valence-electron chi connectivity index (χ3n) is 4.94. The normalized spacial score (nSPS) is 23.3. The zero-order valence-electron chi connectivity index (χ0n) is 13.0. The van der Waals surface area contributed by atoms with Crippen molar-refractivity contribution in [3.05, 3.63) is 41.5 Å². The minimum absolute atomic E-state index is 0.0515. The summed E-state index contributed by atoms with van der Waals surface area (Å²) in [5.41, 5.74) is 3.20. The van der Waals surface area contributed by atoms with Crippen LogP contribution in [0, 0.1) is 11.3 Å². The van der Waals surface area contributed by atoms with E-state index in [1.54, 1.807) is 0 Å². The van der Waals surface area contributed by atoms with Crippen LogP contribution in [0.5, 0.6) is 0 Å². The molecule has 0 unspecified atom stereocenters. The maximum Gasteiger partial charge on any atom is 0.231 e. The third kappa shape index (κ3) is 2.94. The number of carbonyl (C=O) groups is 1. The van der Waals surface area contributed by atoms with Crippen molar-refractivity contribution in [1.29, 1.82) is 0 Å². The number of ether oxygens (including phenoxy) is 1. The fourth-order valence-corrected chi connectivity index (χ4v) is 3.24. The van der Waals surface area contributed by atoms with E-state index in [9.17, 15) is 9.90 Å². The molecule has 1 heterocycles. The van der Waals surface area contributed by atoms with Gasteiger partial charge in [-0.15, -0.1) is 0 Å². The molecule has 0 bridgehead atoms. The van der Waals surface area contributed by atoms with E-state index in [0.717, 1.165) is 29.6 Å². The van der Waals surface area contributed by atoms with Gasteiger partial charge in [-0.2, -0.15) is 0 Å². The monoisotopic (exact) mass is 301 g/mol. The Kier molecular flexibility index (Phi) is 4.32. The molecule has 4 nitrogen and oxygen atoms in total. The van der Waals surface area contributed by atoms with E-state index in [-0.39, 0.29) is 23.8 Å². The van der Waals surface area contributed by atoms with Gasteiger partial charge in [0, 0.05) is 25.2 Å². The SMILES string of the molecule is CC1=C(c2ccccc2)[C@@H]1C(=O)NCC1(CO)CCOCC1. The van der Waals surface area contributed by atoms with Crippen molar-refractivity contribution in [1.82, 2.24) is 5.32 Å². The van der Waals surface area contributed by atoms with E-state index in [1.807, 2.05) is 37.3 Å². The van der Waals surface area contributed by atoms with E-state index < -0.39 is 0 Å². The van der Waals surface area contributed by atoms with E-state index in [2.05, 4.69) is 5.32 Å². The van der Waals surface area contributed by atoms with Crippen molar-refractivity contribution in [2.75, 3.05) is 26.4 Å². The van der Waals surface area contributed by atoms with Gasteiger partial charge in [-0.1, -0.05) is 35.9 Å². The molecule has 1 aromatic rings. The molecular weight excluding hydrogens is 278 g/mol. The highest BCUT2D eigenvalue weighted by Gasteiger charge is 2.41. The van der Waals surface area contributed by atoms with Crippen molar-refractivity contribution in [2.45, 2.75) is 19.8 Å². The van der Waals surface area contributed by atoms with Gasteiger partial charge in [0.15, 0.2) is 0 Å². The van der Waals surface area contributed by atoms with Gasteiger partial charge in [0.1, 0.15) is 0 Å². The molecule has 22 heavy (non-hydrogen) atoms. The first kappa shape index (κ1) is 15.3. The molecule has 4 heteroatoms. The summed E-state index contributed by atoms with van der Waals surface area (Å²) in [5, 5.41) is 12.7. The van der Waals surface area contributed by atoms with Gasteiger partial charge in [-0.05, 0) is 30.9 Å². The topological polar surface area (TPSA) is 58.6 Å². The summed E-state index contributed by atoms with van der Waals surface area (Å²) < 4.78 is 5.35. The largest absolute Gasteiger partial charge is 0.396 e. The predicted molar refractivity (Wildman–Crippen MR) is 85.1 cm³/mol. The zero-order chi connectivity index (χ0) is 15.6. The van der Waals surface area contributed by atoms with Gasteiger partial charge < -0.3 is 15.2 Å². The van der Waals surface area contributed by atoms with Crippen LogP contribution in [0.4, 0.5) is 0 Å². The number of aliphatic hydroxyl groups excluding tert-OH is 1. The van der Waals surface area contributed by atoms with Crippen molar-refractivity contribution in [3.8, 4) is 0 Å². The van der Waals surface area contributed by atoms with Crippen LogP contribution in [0.15, 0.2) is 35.9 Å². The Hall–Kier alpha value is -1.65. The Morgan fingerprint density at radius 1 is 1.32 bits per heavy atom. The maximum atomic E-state index is 12.4. The van der Waals surface area contributed by atoms with Gasteiger partial charge in [0.25, 0.3) is 0 Å². The average molecular weight is 301 g/mol. The Morgan fingerprint density at radius 2 is 2.00 bits per heavy atom. The standard InChI is InChI=1S/C18H23NO3/c1-13-15(14-5-3-2-4-6-14)16(13)17(21)19-11-18(12-20)7-9-22-10-8-18/h2-6,16,20H,7-12H2,1H3,(H,19,21)/t16-/m1/s1. The molecule has 1 atom stereocenters. The molecule has 0 spiro atoms. The summed E-state index contributed by atoms with van der Waals surface area (Å²) in [6.07, 6.45) is 1.60. The van der Waals surface area contributed by atoms with Crippen LogP contribution < -0.4 is 5.32 Å². The lowest BCUT2D eigenvalue weighted by Gasteiger charge is -2.35. The second-order valence-electron chi connectivity index (χ2n) is 6.38. The molecule has 3 rings (SSSR count).